The van der Waals surface area contributed by atoms with Crippen LogP contribution in [0, 0.1) is 5.82 Å². The van der Waals surface area contributed by atoms with Crippen LogP contribution >= 0.6 is 0 Å². The number of carbonyl (C=O) groups excluding carboxylic acids is 2. The lowest BCUT2D eigenvalue weighted by Gasteiger charge is -2.35. The number of amides is 3. The Morgan fingerprint density at radius 3 is 2.55 bits per heavy atom. The van der Waals surface area contributed by atoms with Crippen LogP contribution in [0.5, 0.6) is 0 Å². The maximum absolute atomic E-state index is 14.5. The molecule has 1 aromatic heterocycles. The van der Waals surface area contributed by atoms with Crippen LogP contribution in [0.15, 0.2) is 45.0 Å². The highest BCUT2D eigenvalue weighted by Crippen LogP contribution is 2.40. The van der Waals surface area contributed by atoms with Gasteiger partial charge in [-0.3, -0.25) is 9.79 Å². The maximum atomic E-state index is 14.5. The molecule has 4 rings (SSSR count). The minimum Gasteiger partial charge on any atom is -0.462 e. The molecule has 0 radical (unpaired) electrons. The van der Waals surface area contributed by atoms with Gasteiger partial charge in [0.15, 0.2) is 11.4 Å². The van der Waals surface area contributed by atoms with Gasteiger partial charge in [-0.1, -0.05) is 33.5 Å². The lowest BCUT2D eigenvalue weighted by atomic mass is 9.94. The third kappa shape index (κ3) is 3.68. The van der Waals surface area contributed by atoms with E-state index in [1.54, 1.807) is 17.0 Å². The van der Waals surface area contributed by atoms with Crippen LogP contribution in [0.25, 0.3) is 11.0 Å². The van der Waals surface area contributed by atoms with E-state index >= 15 is 0 Å². The second-order valence-corrected chi connectivity index (χ2v) is 16.5. The normalized spacial score (nSPS) is 17.9. The summed E-state index contributed by atoms with van der Waals surface area (Å²) in [7, 11) is -1.78. The predicted molar refractivity (Wildman–Crippen MR) is 131 cm³/mol. The zero-order valence-corrected chi connectivity index (χ0v) is 21.2. The number of hydrogen-bond donors (Lipinski definition) is 2. The molecule has 0 fully saturated rings. The van der Waals surface area contributed by atoms with E-state index in [4.69, 9.17) is 4.42 Å². The Morgan fingerprint density at radius 2 is 1.88 bits per heavy atom. The molecular weight excluding hydrogens is 439 g/mol. The van der Waals surface area contributed by atoms with Crippen molar-refractivity contribution in [2.75, 3.05) is 18.4 Å². The van der Waals surface area contributed by atoms with E-state index < -0.39 is 30.5 Å². The first-order valence-corrected chi connectivity index (χ1v) is 14.6. The van der Waals surface area contributed by atoms with Gasteiger partial charge in [0.2, 0.25) is 5.91 Å². The number of anilines is 1. The molecule has 0 aliphatic carbocycles. The summed E-state index contributed by atoms with van der Waals surface area (Å²) in [5.41, 5.74) is 1.51. The Morgan fingerprint density at radius 1 is 1.18 bits per heavy atom. The van der Waals surface area contributed by atoms with Crippen LogP contribution in [-0.4, -0.2) is 49.4 Å². The van der Waals surface area contributed by atoms with Crippen molar-refractivity contribution in [1.82, 2.24) is 10.2 Å². The number of fused-ring (bicyclic) bond motifs is 1. The number of halogens is 1. The van der Waals surface area contributed by atoms with Gasteiger partial charge in [0, 0.05) is 16.0 Å². The number of carbonyl (C=O) groups is 2. The molecule has 3 heterocycles. The van der Waals surface area contributed by atoms with Crippen molar-refractivity contribution >= 4 is 42.5 Å². The number of hydrogen-bond acceptors (Lipinski definition) is 4. The standard InChI is InChI=1S/C24H31FN4O3Si/c1-23(2)16-12-26-20(28-21(30)24(3,4)33(5,6)7)15(16)13-29(23)22(31)27-18-17(25)9-8-14-10-11-32-19(14)18/h8-11H,12-13H2,1-7H3,(H,27,31)(H,26,28,30). The summed E-state index contributed by atoms with van der Waals surface area (Å²) in [5, 5.41) is 5.95. The average molecular weight is 471 g/mol. The Balaban J connectivity index is 1.55. The molecule has 0 saturated heterocycles. The molecule has 9 heteroatoms. The van der Waals surface area contributed by atoms with E-state index in [1.807, 2.05) is 27.7 Å². The molecule has 2 N–H and O–H groups in total. The Bertz CT molecular complexity index is 1220. The van der Waals surface area contributed by atoms with E-state index in [0.717, 1.165) is 11.1 Å². The summed E-state index contributed by atoms with van der Waals surface area (Å²) in [6, 6.07) is 4.19. The molecule has 2 aromatic rings. The van der Waals surface area contributed by atoms with Crippen molar-refractivity contribution in [3.63, 3.8) is 0 Å². The van der Waals surface area contributed by atoms with Gasteiger partial charge in [-0.25, -0.2) is 9.18 Å². The molecule has 0 spiro atoms. The summed E-state index contributed by atoms with van der Waals surface area (Å²) in [5.74, 6) is -0.0862. The second kappa shape index (κ2) is 7.55. The Labute approximate surface area is 194 Å². The largest absolute Gasteiger partial charge is 0.462 e. The van der Waals surface area contributed by atoms with Gasteiger partial charge in [-0.05, 0) is 37.6 Å². The topological polar surface area (TPSA) is 86.9 Å². The fourth-order valence-electron chi connectivity index (χ4n) is 4.09. The van der Waals surface area contributed by atoms with Gasteiger partial charge in [0.05, 0.1) is 33.0 Å². The number of amidine groups is 1. The van der Waals surface area contributed by atoms with E-state index in [1.165, 1.54) is 12.3 Å². The quantitative estimate of drug-likeness (QED) is 0.609. The highest BCUT2D eigenvalue weighted by molar-refractivity contribution is 6.82. The summed E-state index contributed by atoms with van der Waals surface area (Å²) in [4.78, 5) is 32.6. The number of benzene rings is 1. The van der Waals surface area contributed by atoms with Gasteiger partial charge < -0.3 is 20.0 Å². The maximum Gasteiger partial charge on any atom is 0.323 e. The van der Waals surface area contributed by atoms with Crippen molar-refractivity contribution in [1.29, 1.82) is 0 Å². The molecule has 0 saturated carbocycles. The minimum absolute atomic E-state index is 0.0180. The highest BCUT2D eigenvalue weighted by Gasteiger charge is 2.47. The van der Waals surface area contributed by atoms with Crippen molar-refractivity contribution in [2.24, 2.45) is 4.99 Å². The number of aliphatic imine (C=N–C) groups is 1. The molecular formula is C24H31FN4O3Si. The number of rotatable bonds is 3. The van der Waals surface area contributed by atoms with Gasteiger partial charge in [0.1, 0.15) is 11.5 Å². The monoisotopic (exact) mass is 470 g/mol. The Kier molecular flexibility index (Phi) is 5.31. The van der Waals surface area contributed by atoms with E-state index in [2.05, 4.69) is 35.3 Å². The first-order chi connectivity index (χ1) is 15.2. The number of nitrogens with one attached hydrogen (secondary N) is 2. The highest BCUT2D eigenvalue weighted by atomic mass is 28.3. The van der Waals surface area contributed by atoms with Crippen LogP contribution in [0.2, 0.25) is 24.7 Å². The molecule has 1 aromatic carbocycles. The summed E-state index contributed by atoms with van der Waals surface area (Å²) < 4.78 is 19.9. The molecule has 0 atom stereocenters. The number of furan rings is 1. The zero-order valence-electron chi connectivity index (χ0n) is 20.2. The molecule has 7 nitrogen and oxygen atoms in total. The number of urea groups is 1. The molecule has 33 heavy (non-hydrogen) atoms. The van der Waals surface area contributed by atoms with Gasteiger partial charge in [-0.15, -0.1) is 0 Å². The summed E-state index contributed by atoms with van der Waals surface area (Å²) in [6.07, 6.45) is 1.46. The van der Waals surface area contributed by atoms with Crippen molar-refractivity contribution < 1.29 is 18.4 Å². The fourth-order valence-corrected chi connectivity index (χ4v) is 4.83. The molecule has 176 valence electrons. The van der Waals surface area contributed by atoms with Gasteiger partial charge >= 0.3 is 6.03 Å². The van der Waals surface area contributed by atoms with E-state index in [0.29, 0.717) is 23.3 Å². The molecule has 0 bridgehead atoms. The molecule has 2 aliphatic rings. The minimum atomic E-state index is -1.78. The fraction of sp³-hybridized carbons (Fsp3) is 0.458. The second-order valence-electron chi connectivity index (χ2n) is 10.8. The van der Waals surface area contributed by atoms with Gasteiger partial charge in [0.25, 0.3) is 0 Å². The van der Waals surface area contributed by atoms with Crippen LogP contribution in [0.1, 0.15) is 27.7 Å². The Hall–Kier alpha value is -2.94. The molecule has 2 aliphatic heterocycles. The van der Waals surface area contributed by atoms with Crippen LogP contribution in [0.4, 0.5) is 14.9 Å². The van der Waals surface area contributed by atoms with Crippen LogP contribution in [0.3, 0.4) is 0 Å². The third-order valence-electron chi connectivity index (χ3n) is 7.50. The van der Waals surface area contributed by atoms with Crippen molar-refractivity contribution in [3.8, 4) is 0 Å². The first-order valence-electron chi connectivity index (χ1n) is 11.1. The van der Waals surface area contributed by atoms with Crippen LogP contribution < -0.4 is 10.6 Å². The lowest BCUT2D eigenvalue weighted by Crippen LogP contribution is -2.49. The average Bonchev–Trinajstić information content (AvgIpc) is 3.39. The van der Waals surface area contributed by atoms with E-state index in [9.17, 15) is 14.0 Å². The predicted octanol–water partition coefficient (Wildman–Crippen LogP) is 5.14. The molecule has 3 amide bonds. The first kappa shape index (κ1) is 23.2. The van der Waals surface area contributed by atoms with E-state index in [-0.39, 0.29) is 18.1 Å². The SMILES string of the molecule is CC1(C)C2=C(CN1C(=O)Nc1c(F)ccc3ccoc13)C(NC(=O)C(C)(C)[Si](C)(C)C)=NC2. The lowest BCUT2D eigenvalue weighted by molar-refractivity contribution is -0.122. The van der Waals surface area contributed by atoms with Crippen LogP contribution in [-0.2, 0) is 4.79 Å². The summed E-state index contributed by atoms with van der Waals surface area (Å²) >= 11 is 0. The third-order valence-corrected chi connectivity index (χ3v) is 11.5. The smallest absolute Gasteiger partial charge is 0.323 e. The zero-order chi connectivity index (χ0) is 24.3. The number of nitrogens with zero attached hydrogens (tertiary/aromatic N) is 2. The summed E-state index contributed by atoms with van der Waals surface area (Å²) in [6.45, 7) is 15.0. The van der Waals surface area contributed by atoms with Crippen molar-refractivity contribution in [2.45, 2.75) is 57.9 Å². The van der Waals surface area contributed by atoms with Gasteiger partial charge in [-0.2, -0.15) is 0 Å². The molecule has 0 unspecified atom stereocenters. The van der Waals surface area contributed by atoms with Crippen molar-refractivity contribution in [3.05, 3.63) is 41.4 Å².